The molecule has 0 saturated carbocycles. The molecule has 70 heavy (non-hydrogen) atoms. The average Bonchev–Trinajstić information content (AvgIpc) is 3.36. The molecule has 0 aliphatic heterocycles. The molecule has 0 fully saturated rings. The van der Waals surface area contributed by atoms with E-state index in [1.807, 2.05) is 0 Å². The second-order valence-corrected chi connectivity index (χ2v) is 17.7. The summed E-state index contributed by atoms with van der Waals surface area (Å²) in [7, 11) is 0. The lowest BCUT2D eigenvalue weighted by Gasteiger charge is -2.18. The molecule has 0 aliphatic carbocycles. The summed E-state index contributed by atoms with van der Waals surface area (Å²) in [6.45, 7) is 6.29. The van der Waals surface area contributed by atoms with Gasteiger partial charge in [0, 0.05) is 19.3 Å². The first-order valence-corrected chi connectivity index (χ1v) is 27.8. The van der Waals surface area contributed by atoms with Crippen LogP contribution in [0.5, 0.6) is 0 Å². The molecule has 392 valence electrons. The summed E-state index contributed by atoms with van der Waals surface area (Å²) in [4.78, 5) is 38.1. The lowest BCUT2D eigenvalue weighted by molar-refractivity contribution is -0.167. The zero-order valence-corrected chi connectivity index (χ0v) is 44.7. The Kier molecular flexibility index (Phi) is 53.0. The summed E-state index contributed by atoms with van der Waals surface area (Å²) in [6.07, 6.45) is 81.3. The van der Waals surface area contributed by atoms with Crippen LogP contribution in [0, 0.1) is 0 Å². The number of rotatable bonds is 48. The van der Waals surface area contributed by atoms with Gasteiger partial charge < -0.3 is 14.2 Å². The molecule has 0 bridgehead atoms. The molecule has 0 saturated heterocycles. The van der Waals surface area contributed by atoms with E-state index in [4.69, 9.17) is 14.2 Å². The molecule has 0 aromatic heterocycles. The Morgan fingerprint density at radius 1 is 0.300 bits per heavy atom. The van der Waals surface area contributed by atoms with Crippen LogP contribution in [0.25, 0.3) is 0 Å². The van der Waals surface area contributed by atoms with Crippen molar-refractivity contribution in [2.45, 2.75) is 226 Å². The maximum atomic E-state index is 12.8. The van der Waals surface area contributed by atoms with E-state index in [-0.39, 0.29) is 44.0 Å². The first-order valence-electron chi connectivity index (χ1n) is 27.8. The second-order valence-electron chi connectivity index (χ2n) is 17.7. The maximum Gasteiger partial charge on any atom is 0.306 e. The predicted octanol–water partition coefficient (Wildman–Crippen LogP) is 18.8. The van der Waals surface area contributed by atoms with Gasteiger partial charge in [-0.1, -0.05) is 212 Å². The van der Waals surface area contributed by atoms with Crippen molar-refractivity contribution in [1.29, 1.82) is 0 Å². The van der Waals surface area contributed by atoms with E-state index < -0.39 is 6.10 Å². The van der Waals surface area contributed by atoms with E-state index in [0.29, 0.717) is 19.3 Å². The Balaban J connectivity index is 4.56. The van der Waals surface area contributed by atoms with Crippen molar-refractivity contribution in [2.24, 2.45) is 0 Å². The van der Waals surface area contributed by atoms with Gasteiger partial charge in [0.1, 0.15) is 13.2 Å². The molecule has 0 aromatic rings. The van der Waals surface area contributed by atoms with Crippen molar-refractivity contribution in [3.63, 3.8) is 0 Å². The number of carbonyl (C=O) groups is 3. The van der Waals surface area contributed by atoms with Crippen molar-refractivity contribution in [3.05, 3.63) is 146 Å². The fourth-order valence-electron chi connectivity index (χ4n) is 6.94. The van der Waals surface area contributed by atoms with Crippen LogP contribution in [-0.2, 0) is 28.6 Å². The quantitative estimate of drug-likeness (QED) is 0.0262. The van der Waals surface area contributed by atoms with Gasteiger partial charge in [-0.05, 0) is 135 Å². The first-order chi connectivity index (χ1) is 34.5. The molecule has 0 aliphatic rings. The minimum Gasteiger partial charge on any atom is -0.462 e. The highest BCUT2D eigenvalue weighted by molar-refractivity contribution is 5.71. The van der Waals surface area contributed by atoms with Gasteiger partial charge in [-0.25, -0.2) is 0 Å². The Hall–Kier alpha value is -4.71. The van der Waals surface area contributed by atoms with Crippen LogP contribution >= 0.6 is 0 Å². The third-order valence-corrected chi connectivity index (χ3v) is 11.1. The van der Waals surface area contributed by atoms with E-state index >= 15 is 0 Å². The third-order valence-electron chi connectivity index (χ3n) is 11.1. The summed E-state index contributed by atoms with van der Waals surface area (Å²) in [5, 5.41) is 0. The fraction of sp³-hybridized carbons (Fsp3) is 0.578. The number of hydrogen-bond acceptors (Lipinski definition) is 6. The van der Waals surface area contributed by atoms with Gasteiger partial charge in [-0.2, -0.15) is 0 Å². The van der Waals surface area contributed by atoms with Gasteiger partial charge in [-0.3, -0.25) is 14.4 Å². The molecule has 0 heterocycles. The molecule has 1 atom stereocenters. The lowest BCUT2D eigenvalue weighted by atomic mass is 10.1. The van der Waals surface area contributed by atoms with Crippen molar-refractivity contribution in [2.75, 3.05) is 13.2 Å². The van der Waals surface area contributed by atoms with E-state index in [1.165, 1.54) is 44.9 Å². The maximum absolute atomic E-state index is 12.8. The topological polar surface area (TPSA) is 78.9 Å². The number of esters is 3. The predicted molar refractivity (Wildman–Crippen MR) is 302 cm³/mol. The molecule has 6 heteroatoms. The smallest absolute Gasteiger partial charge is 0.306 e. The molecule has 0 amide bonds. The SMILES string of the molecule is CC/C=C\C/C=C\C/C=C\C/C=C\C/C=C\C/C=C\C/C=C\CCCC(=O)OCC(COC(=O)CCCCCCC/C=C\CCCCCCC)OC(=O)CCCC/C=C\C/C=C\C/C=C\C/C=C\CC. The van der Waals surface area contributed by atoms with Crippen LogP contribution in [0.15, 0.2) is 146 Å². The van der Waals surface area contributed by atoms with Crippen molar-refractivity contribution < 1.29 is 28.6 Å². The van der Waals surface area contributed by atoms with Gasteiger partial charge in [0.2, 0.25) is 0 Å². The number of ether oxygens (including phenoxy) is 3. The molecule has 0 aromatic carbocycles. The molecular weight excluding hydrogens is 865 g/mol. The minimum absolute atomic E-state index is 0.123. The molecular formula is C64H100O6. The van der Waals surface area contributed by atoms with E-state index in [2.05, 4.69) is 167 Å². The van der Waals surface area contributed by atoms with E-state index in [1.54, 1.807) is 0 Å². The Labute approximate surface area is 429 Å². The highest BCUT2D eigenvalue weighted by Crippen LogP contribution is 2.12. The third kappa shape index (κ3) is 54.2. The Morgan fingerprint density at radius 3 is 0.971 bits per heavy atom. The summed E-state index contributed by atoms with van der Waals surface area (Å²) in [5.41, 5.74) is 0. The van der Waals surface area contributed by atoms with E-state index in [0.717, 1.165) is 122 Å². The number of carbonyl (C=O) groups excluding carboxylic acids is 3. The Bertz CT molecular complexity index is 1580. The lowest BCUT2D eigenvalue weighted by Crippen LogP contribution is -2.30. The molecule has 6 nitrogen and oxygen atoms in total. The summed E-state index contributed by atoms with van der Waals surface area (Å²) < 4.78 is 16.7. The highest BCUT2D eigenvalue weighted by Gasteiger charge is 2.19. The molecule has 0 spiro atoms. The molecule has 0 radical (unpaired) electrons. The van der Waals surface area contributed by atoms with Gasteiger partial charge in [-0.15, -0.1) is 0 Å². The number of unbranched alkanes of at least 4 members (excludes halogenated alkanes) is 13. The standard InChI is InChI=1S/C64H100O6/c1-4-7-10-13-16-19-22-25-28-29-30-31-32-33-34-35-37-39-42-45-48-51-54-57-63(66)69-60-61(59-68-62(65)56-53-50-47-44-41-38-27-24-21-18-15-12-9-6-3)70-64(67)58-55-52-49-46-43-40-36-26-23-20-17-14-11-8-5-2/h7-8,10-11,16-17,19-20,24-28,30-31,33-34,36-37,39,43,45-46,48,61H,4-6,9,12-15,18,21-23,29,32,35,38,40-42,44,47,49-60H2,1-3H3/b10-7-,11-8-,19-16-,20-17-,27-24-,28-25-,31-30-,34-33-,36-26-,39-37-,46-43-,48-45-. The van der Waals surface area contributed by atoms with Crippen molar-refractivity contribution in [3.8, 4) is 0 Å². The van der Waals surface area contributed by atoms with Gasteiger partial charge in [0.05, 0.1) is 0 Å². The van der Waals surface area contributed by atoms with Crippen LogP contribution in [0.2, 0.25) is 0 Å². The van der Waals surface area contributed by atoms with Gasteiger partial charge in [0.25, 0.3) is 0 Å². The van der Waals surface area contributed by atoms with Gasteiger partial charge >= 0.3 is 17.9 Å². The molecule has 0 rings (SSSR count). The van der Waals surface area contributed by atoms with Crippen molar-refractivity contribution >= 4 is 17.9 Å². The van der Waals surface area contributed by atoms with Crippen molar-refractivity contribution in [1.82, 2.24) is 0 Å². The Morgan fingerprint density at radius 2 is 0.571 bits per heavy atom. The van der Waals surface area contributed by atoms with Gasteiger partial charge in [0.15, 0.2) is 6.10 Å². The summed E-state index contributed by atoms with van der Waals surface area (Å²) >= 11 is 0. The van der Waals surface area contributed by atoms with Crippen LogP contribution in [-0.4, -0.2) is 37.2 Å². The zero-order chi connectivity index (χ0) is 50.7. The van der Waals surface area contributed by atoms with E-state index in [9.17, 15) is 14.4 Å². The largest absolute Gasteiger partial charge is 0.462 e. The highest BCUT2D eigenvalue weighted by atomic mass is 16.6. The van der Waals surface area contributed by atoms with Crippen LogP contribution in [0.3, 0.4) is 0 Å². The fourth-order valence-corrected chi connectivity index (χ4v) is 6.94. The first kappa shape index (κ1) is 65.3. The van der Waals surface area contributed by atoms with Crippen LogP contribution < -0.4 is 0 Å². The molecule has 1 unspecified atom stereocenters. The number of allylic oxidation sites excluding steroid dienone is 24. The van der Waals surface area contributed by atoms with Crippen LogP contribution in [0.1, 0.15) is 220 Å². The zero-order valence-electron chi connectivity index (χ0n) is 44.7. The second kappa shape index (κ2) is 56.9. The summed E-state index contributed by atoms with van der Waals surface area (Å²) in [5.74, 6) is -1.04. The normalized spacial score (nSPS) is 13.2. The average molecular weight is 965 g/mol. The number of hydrogen-bond donors (Lipinski definition) is 0. The minimum atomic E-state index is -0.833. The monoisotopic (exact) mass is 965 g/mol. The molecule has 0 N–H and O–H groups in total. The van der Waals surface area contributed by atoms with Crippen LogP contribution in [0.4, 0.5) is 0 Å². The summed E-state index contributed by atoms with van der Waals surface area (Å²) in [6, 6.07) is 0.